The number of fused-ring (bicyclic) bond motifs is 1. The van der Waals surface area contributed by atoms with Gasteiger partial charge < -0.3 is 19.0 Å². The minimum Gasteiger partial charge on any atom is -0.464 e. The quantitative estimate of drug-likeness (QED) is 0.454. The topological polar surface area (TPSA) is 80.1 Å². The van der Waals surface area contributed by atoms with E-state index in [1.54, 1.807) is 15.9 Å². The van der Waals surface area contributed by atoms with Crippen LogP contribution >= 0.6 is 0 Å². The first-order chi connectivity index (χ1) is 17.5. The van der Waals surface area contributed by atoms with Crippen LogP contribution in [0.25, 0.3) is 11.0 Å². The predicted octanol–water partition coefficient (Wildman–Crippen LogP) is 4.05. The van der Waals surface area contributed by atoms with Crippen LogP contribution in [0.4, 0.5) is 0 Å². The number of carbonyl (C=O) groups is 2. The molecule has 188 valence electrons. The molecule has 5 rings (SSSR count). The molecule has 1 saturated carbocycles. The zero-order chi connectivity index (χ0) is 25.1. The lowest BCUT2D eigenvalue weighted by molar-refractivity contribution is -0.143. The number of benzene rings is 2. The van der Waals surface area contributed by atoms with Crippen molar-refractivity contribution in [1.82, 2.24) is 9.80 Å². The van der Waals surface area contributed by atoms with Crippen molar-refractivity contribution in [2.24, 2.45) is 5.92 Å². The monoisotopic (exact) mass is 488 g/mol. The molecule has 0 N–H and O–H groups in total. The smallest absolute Gasteiger partial charge is 0.242 e. The van der Waals surface area contributed by atoms with Gasteiger partial charge in [-0.3, -0.25) is 14.4 Å². The Labute approximate surface area is 210 Å². The minimum atomic E-state index is -0.199. The average Bonchev–Trinajstić information content (AvgIpc) is 3.61. The lowest BCUT2D eigenvalue weighted by Crippen LogP contribution is -2.46. The van der Waals surface area contributed by atoms with E-state index in [1.165, 1.54) is 6.26 Å². The Hall–Kier alpha value is -3.45. The molecule has 0 spiro atoms. The van der Waals surface area contributed by atoms with Crippen molar-refractivity contribution >= 4 is 22.8 Å². The van der Waals surface area contributed by atoms with E-state index in [2.05, 4.69) is 0 Å². The third-order valence-electron chi connectivity index (χ3n) is 6.94. The second kappa shape index (κ2) is 10.7. The van der Waals surface area contributed by atoms with Crippen LogP contribution in [-0.2, 0) is 27.4 Å². The molecular formula is C29H32N2O5. The van der Waals surface area contributed by atoms with E-state index in [0.717, 1.165) is 36.8 Å². The van der Waals surface area contributed by atoms with Gasteiger partial charge in [0.2, 0.25) is 11.8 Å². The summed E-state index contributed by atoms with van der Waals surface area (Å²) in [5.74, 6) is -0.161. The molecule has 1 aliphatic carbocycles. The lowest BCUT2D eigenvalue weighted by atomic mass is 10.1. The molecule has 2 aromatic carbocycles. The van der Waals surface area contributed by atoms with Crippen molar-refractivity contribution in [1.29, 1.82) is 0 Å². The summed E-state index contributed by atoms with van der Waals surface area (Å²) in [6, 6.07) is 15.2. The molecule has 2 heterocycles. The Kier molecular flexibility index (Phi) is 7.18. The van der Waals surface area contributed by atoms with Gasteiger partial charge in [0.1, 0.15) is 5.58 Å². The normalized spacial score (nSPS) is 17.3. The molecule has 2 aliphatic rings. The van der Waals surface area contributed by atoms with Gasteiger partial charge in [-0.05, 0) is 50.3 Å². The summed E-state index contributed by atoms with van der Waals surface area (Å²) in [5.41, 5.74) is 2.71. The van der Waals surface area contributed by atoms with E-state index in [1.807, 2.05) is 49.4 Å². The third-order valence-corrected chi connectivity index (χ3v) is 6.94. The first kappa shape index (κ1) is 24.3. The fourth-order valence-electron chi connectivity index (χ4n) is 4.75. The Bertz CT molecular complexity index is 1290. The molecular weight excluding hydrogens is 456 g/mol. The van der Waals surface area contributed by atoms with Crippen molar-refractivity contribution < 1.29 is 18.7 Å². The van der Waals surface area contributed by atoms with Crippen LogP contribution in [0.15, 0.2) is 64.0 Å². The van der Waals surface area contributed by atoms with Crippen LogP contribution in [0, 0.1) is 12.8 Å². The summed E-state index contributed by atoms with van der Waals surface area (Å²) in [5, 5.41) is 0.503. The van der Waals surface area contributed by atoms with Gasteiger partial charge in [0.05, 0.1) is 36.4 Å². The lowest BCUT2D eigenvalue weighted by Gasteiger charge is -2.29. The van der Waals surface area contributed by atoms with Crippen molar-refractivity contribution in [2.45, 2.75) is 51.8 Å². The molecule has 36 heavy (non-hydrogen) atoms. The standard InChI is InChI=1S/C29H32N2O5/c1-20-9-12-26-25(14-20)28(33)23(19-36-26)16-30(15-21-6-3-2-4-7-21)27(32)18-31(29(34)22-10-11-22)17-24-8-5-13-35-24/h2-4,6-7,9,12,14,19,22,24H,5,8,10-11,13,15-18H2,1H3. The van der Waals surface area contributed by atoms with Gasteiger partial charge >= 0.3 is 0 Å². The van der Waals surface area contributed by atoms with Gasteiger partial charge in [-0.2, -0.15) is 0 Å². The van der Waals surface area contributed by atoms with Crippen LogP contribution in [0.2, 0.25) is 0 Å². The molecule has 1 aliphatic heterocycles. The molecule has 3 aromatic rings. The number of nitrogens with zero attached hydrogens (tertiary/aromatic N) is 2. The number of carbonyl (C=O) groups excluding carboxylic acids is 2. The third kappa shape index (κ3) is 5.68. The maximum Gasteiger partial charge on any atom is 0.242 e. The summed E-state index contributed by atoms with van der Waals surface area (Å²) >= 11 is 0. The van der Waals surface area contributed by atoms with Crippen molar-refractivity contribution in [3.8, 4) is 0 Å². The molecule has 1 atom stereocenters. The van der Waals surface area contributed by atoms with Gasteiger partial charge in [0.25, 0.3) is 0 Å². The molecule has 1 saturated heterocycles. The molecule has 7 nitrogen and oxygen atoms in total. The summed E-state index contributed by atoms with van der Waals surface area (Å²) in [6.07, 6.45) is 5.04. The van der Waals surface area contributed by atoms with Gasteiger partial charge in [0.15, 0.2) is 5.43 Å². The highest BCUT2D eigenvalue weighted by atomic mass is 16.5. The number of hydrogen-bond donors (Lipinski definition) is 0. The van der Waals surface area contributed by atoms with E-state index >= 15 is 0 Å². The summed E-state index contributed by atoms with van der Waals surface area (Å²) < 4.78 is 11.5. The molecule has 0 bridgehead atoms. The molecule has 2 fully saturated rings. The maximum atomic E-state index is 13.7. The second-order valence-corrected chi connectivity index (χ2v) is 9.95. The number of rotatable bonds is 9. The average molecular weight is 489 g/mol. The first-order valence-corrected chi connectivity index (χ1v) is 12.7. The van der Waals surface area contributed by atoms with Crippen molar-refractivity contribution in [3.63, 3.8) is 0 Å². The summed E-state index contributed by atoms with van der Waals surface area (Å²) in [4.78, 5) is 43.3. The van der Waals surface area contributed by atoms with E-state index in [-0.39, 0.29) is 42.4 Å². The highest BCUT2D eigenvalue weighted by Crippen LogP contribution is 2.31. The van der Waals surface area contributed by atoms with E-state index < -0.39 is 0 Å². The summed E-state index contributed by atoms with van der Waals surface area (Å²) in [6.45, 7) is 3.46. The fraction of sp³-hybridized carbons (Fsp3) is 0.414. The molecule has 1 aromatic heterocycles. The predicted molar refractivity (Wildman–Crippen MR) is 136 cm³/mol. The SMILES string of the molecule is Cc1ccc2occ(CN(Cc3ccccc3)C(=O)CN(CC3CCCO3)C(=O)C3CC3)c(=O)c2c1. The van der Waals surface area contributed by atoms with E-state index in [9.17, 15) is 14.4 Å². The Morgan fingerprint density at radius 1 is 1.00 bits per heavy atom. The number of aryl methyl sites for hydroxylation is 1. The maximum absolute atomic E-state index is 13.7. The van der Waals surface area contributed by atoms with Gasteiger partial charge in [-0.1, -0.05) is 42.0 Å². The Morgan fingerprint density at radius 3 is 2.53 bits per heavy atom. The summed E-state index contributed by atoms with van der Waals surface area (Å²) in [7, 11) is 0. The van der Waals surface area contributed by atoms with Crippen LogP contribution in [0.1, 0.15) is 42.4 Å². The Balaban J connectivity index is 1.40. The van der Waals surface area contributed by atoms with Crippen LogP contribution in [0.3, 0.4) is 0 Å². The van der Waals surface area contributed by atoms with Crippen LogP contribution < -0.4 is 5.43 Å². The molecule has 1 unspecified atom stereocenters. The number of amides is 2. The fourth-order valence-corrected chi connectivity index (χ4v) is 4.75. The largest absolute Gasteiger partial charge is 0.464 e. The minimum absolute atomic E-state index is 0.0116. The highest BCUT2D eigenvalue weighted by Gasteiger charge is 2.36. The number of ether oxygens (including phenoxy) is 1. The molecule has 0 radical (unpaired) electrons. The Morgan fingerprint density at radius 2 is 1.81 bits per heavy atom. The number of hydrogen-bond acceptors (Lipinski definition) is 5. The van der Waals surface area contributed by atoms with Gasteiger partial charge in [-0.25, -0.2) is 0 Å². The van der Waals surface area contributed by atoms with Crippen molar-refractivity contribution in [3.05, 3.63) is 81.7 Å². The van der Waals surface area contributed by atoms with Gasteiger partial charge in [-0.15, -0.1) is 0 Å². The van der Waals surface area contributed by atoms with Gasteiger partial charge in [0, 0.05) is 25.6 Å². The van der Waals surface area contributed by atoms with E-state index in [0.29, 0.717) is 36.2 Å². The van der Waals surface area contributed by atoms with Crippen LogP contribution in [0.5, 0.6) is 0 Å². The first-order valence-electron chi connectivity index (χ1n) is 12.7. The van der Waals surface area contributed by atoms with E-state index in [4.69, 9.17) is 9.15 Å². The second-order valence-electron chi connectivity index (χ2n) is 9.95. The molecule has 2 amide bonds. The highest BCUT2D eigenvalue weighted by molar-refractivity contribution is 5.87. The van der Waals surface area contributed by atoms with Crippen LogP contribution in [-0.4, -0.2) is 47.4 Å². The van der Waals surface area contributed by atoms with Crippen molar-refractivity contribution in [2.75, 3.05) is 19.7 Å². The zero-order valence-corrected chi connectivity index (χ0v) is 20.7. The zero-order valence-electron chi connectivity index (χ0n) is 20.7. The molecule has 7 heteroatoms.